The Morgan fingerprint density at radius 3 is 2.72 bits per heavy atom. The van der Waals surface area contributed by atoms with Crippen LogP contribution in [0.4, 0.5) is 0 Å². The van der Waals surface area contributed by atoms with Gasteiger partial charge in [-0.2, -0.15) is 5.10 Å². The van der Waals surface area contributed by atoms with Crippen LogP contribution in [0, 0.1) is 6.92 Å². The molecule has 6 heteroatoms. The first kappa shape index (κ1) is 12.8. The molecule has 2 aromatic heterocycles. The van der Waals surface area contributed by atoms with Crippen LogP contribution in [0.2, 0.25) is 5.15 Å². The average molecular weight is 267 g/mol. The minimum Gasteiger partial charge on any atom is -0.481 e. The predicted molar refractivity (Wildman–Crippen MR) is 69.9 cm³/mol. The maximum Gasteiger partial charge on any atom is 0.222 e. The number of ether oxygens (including phenoxy) is 1. The molecule has 96 valence electrons. The van der Waals surface area contributed by atoms with Gasteiger partial charge in [0.2, 0.25) is 5.88 Å². The third kappa shape index (κ3) is 2.18. The van der Waals surface area contributed by atoms with E-state index in [-0.39, 0.29) is 0 Å². The zero-order chi connectivity index (χ0) is 13.3. The monoisotopic (exact) mass is 266 g/mol. The molecule has 2 aromatic rings. The second kappa shape index (κ2) is 4.94. The Morgan fingerprint density at radius 1 is 1.39 bits per heavy atom. The maximum absolute atomic E-state index is 6.01. The van der Waals surface area contributed by atoms with Gasteiger partial charge in [0.05, 0.1) is 12.8 Å². The summed E-state index contributed by atoms with van der Waals surface area (Å²) in [7, 11) is 3.42. The predicted octanol–water partition coefficient (Wildman–Crippen LogP) is 2.41. The van der Waals surface area contributed by atoms with E-state index in [0.717, 1.165) is 23.4 Å². The summed E-state index contributed by atoms with van der Waals surface area (Å²) in [5.74, 6) is 1.19. The minimum atomic E-state index is 0.433. The molecule has 0 aliphatic carbocycles. The Labute approximate surface area is 111 Å². The molecule has 0 atom stereocenters. The van der Waals surface area contributed by atoms with Crippen LogP contribution in [0.5, 0.6) is 5.88 Å². The van der Waals surface area contributed by atoms with E-state index in [9.17, 15) is 0 Å². The number of methoxy groups -OCH3 is 1. The van der Waals surface area contributed by atoms with Gasteiger partial charge in [0.15, 0.2) is 5.82 Å². The van der Waals surface area contributed by atoms with Crippen LogP contribution in [0.1, 0.15) is 18.3 Å². The number of aromatic nitrogens is 4. The van der Waals surface area contributed by atoms with Crippen LogP contribution < -0.4 is 4.74 Å². The number of rotatable bonds is 3. The molecule has 0 aromatic carbocycles. The third-order valence-corrected chi connectivity index (χ3v) is 2.89. The highest BCUT2D eigenvalue weighted by Crippen LogP contribution is 2.30. The molecule has 2 rings (SSSR count). The van der Waals surface area contributed by atoms with Gasteiger partial charge in [-0.3, -0.25) is 0 Å². The lowest BCUT2D eigenvalue weighted by molar-refractivity contribution is 0.374. The molecule has 0 amide bonds. The molecule has 0 fully saturated rings. The van der Waals surface area contributed by atoms with Crippen molar-refractivity contribution in [3.8, 4) is 17.3 Å². The van der Waals surface area contributed by atoms with Crippen molar-refractivity contribution in [2.24, 2.45) is 7.05 Å². The summed E-state index contributed by atoms with van der Waals surface area (Å²) >= 11 is 6.01. The van der Waals surface area contributed by atoms with Crippen molar-refractivity contribution in [3.05, 3.63) is 22.6 Å². The van der Waals surface area contributed by atoms with Gasteiger partial charge >= 0.3 is 0 Å². The number of hydrogen-bond donors (Lipinski definition) is 0. The highest BCUT2D eigenvalue weighted by atomic mass is 35.5. The third-order valence-electron chi connectivity index (χ3n) is 2.70. The van der Waals surface area contributed by atoms with Crippen molar-refractivity contribution >= 4 is 11.6 Å². The highest BCUT2D eigenvalue weighted by molar-refractivity contribution is 6.29. The Morgan fingerprint density at radius 2 is 2.11 bits per heavy atom. The normalized spacial score (nSPS) is 10.7. The fourth-order valence-corrected chi connectivity index (χ4v) is 2.09. The van der Waals surface area contributed by atoms with E-state index in [0.29, 0.717) is 16.9 Å². The SMILES string of the molecule is CCc1cc(Cl)nc(-c2c(C)nn(C)c2OC)n1. The molecular formula is C12H15ClN4O. The fourth-order valence-electron chi connectivity index (χ4n) is 1.89. The van der Waals surface area contributed by atoms with Gasteiger partial charge in [-0.15, -0.1) is 0 Å². The standard InChI is InChI=1S/C12H15ClN4O/c1-5-8-6-9(13)15-11(14-8)10-7(2)16-17(3)12(10)18-4/h6H,5H2,1-4H3. The molecule has 0 saturated carbocycles. The Bertz CT molecular complexity index is 580. The second-order valence-electron chi connectivity index (χ2n) is 3.95. The van der Waals surface area contributed by atoms with E-state index in [1.165, 1.54) is 0 Å². The largest absolute Gasteiger partial charge is 0.481 e. The van der Waals surface area contributed by atoms with E-state index < -0.39 is 0 Å². The molecule has 0 spiro atoms. The molecule has 5 nitrogen and oxygen atoms in total. The van der Waals surface area contributed by atoms with Gasteiger partial charge in [-0.25, -0.2) is 14.6 Å². The molecule has 0 aliphatic rings. The van der Waals surface area contributed by atoms with Crippen LogP contribution in [0.25, 0.3) is 11.4 Å². The first-order valence-corrected chi connectivity index (χ1v) is 6.06. The molecule has 0 unspecified atom stereocenters. The Balaban J connectivity index is 2.64. The summed E-state index contributed by atoms with van der Waals surface area (Å²) in [5.41, 5.74) is 2.51. The van der Waals surface area contributed by atoms with Crippen LogP contribution >= 0.6 is 11.6 Å². The van der Waals surface area contributed by atoms with Gasteiger partial charge in [0.1, 0.15) is 10.7 Å². The van der Waals surface area contributed by atoms with Crippen LogP contribution in [-0.4, -0.2) is 26.9 Å². The van der Waals surface area contributed by atoms with E-state index in [4.69, 9.17) is 16.3 Å². The van der Waals surface area contributed by atoms with Gasteiger partial charge in [-0.05, 0) is 19.4 Å². The molecule has 0 radical (unpaired) electrons. The summed E-state index contributed by atoms with van der Waals surface area (Å²) in [6.07, 6.45) is 0.802. The number of halogens is 1. The van der Waals surface area contributed by atoms with Gasteiger partial charge < -0.3 is 4.74 Å². The molecule has 0 N–H and O–H groups in total. The molecule has 0 bridgehead atoms. The molecular weight excluding hydrogens is 252 g/mol. The van der Waals surface area contributed by atoms with E-state index in [1.807, 2.05) is 20.9 Å². The van der Waals surface area contributed by atoms with E-state index in [1.54, 1.807) is 17.9 Å². The minimum absolute atomic E-state index is 0.433. The van der Waals surface area contributed by atoms with Crippen molar-refractivity contribution in [3.63, 3.8) is 0 Å². The highest BCUT2D eigenvalue weighted by Gasteiger charge is 2.19. The quantitative estimate of drug-likeness (QED) is 0.801. The fraction of sp³-hybridized carbons (Fsp3) is 0.417. The van der Waals surface area contributed by atoms with Crippen molar-refractivity contribution in [1.29, 1.82) is 0 Å². The van der Waals surface area contributed by atoms with Crippen molar-refractivity contribution in [2.45, 2.75) is 20.3 Å². The van der Waals surface area contributed by atoms with Crippen molar-refractivity contribution in [2.75, 3.05) is 7.11 Å². The zero-order valence-corrected chi connectivity index (χ0v) is 11.6. The van der Waals surface area contributed by atoms with Crippen molar-refractivity contribution in [1.82, 2.24) is 19.7 Å². The topological polar surface area (TPSA) is 52.8 Å². The van der Waals surface area contributed by atoms with Gasteiger partial charge in [0.25, 0.3) is 0 Å². The average Bonchev–Trinajstić information content (AvgIpc) is 2.62. The molecule has 18 heavy (non-hydrogen) atoms. The number of aryl methyl sites for hydroxylation is 3. The maximum atomic E-state index is 6.01. The first-order chi connectivity index (χ1) is 8.56. The summed E-state index contributed by atoms with van der Waals surface area (Å²) in [6, 6.07) is 1.77. The number of nitrogens with zero attached hydrogens (tertiary/aromatic N) is 4. The van der Waals surface area contributed by atoms with Crippen molar-refractivity contribution < 1.29 is 4.74 Å². The summed E-state index contributed by atoms with van der Waals surface area (Å²) in [6.45, 7) is 3.92. The molecule has 2 heterocycles. The molecule has 0 saturated heterocycles. The second-order valence-corrected chi connectivity index (χ2v) is 4.34. The lowest BCUT2D eigenvalue weighted by atomic mass is 10.2. The summed E-state index contributed by atoms with van der Waals surface area (Å²) < 4.78 is 7.01. The number of hydrogen-bond acceptors (Lipinski definition) is 4. The Kier molecular flexibility index (Phi) is 3.52. The first-order valence-electron chi connectivity index (χ1n) is 5.68. The van der Waals surface area contributed by atoms with Crippen LogP contribution in [0.15, 0.2) is 6.07 Å². The van der Waals surface area contributed by atoms with Gasteiger partial charge in [-0.1, -0.05) is 18.5 Å². The zero-order valence-electron chi connectivity index (χ0n) is 10.9. The van der Waals surface area contributed by atoms with Crippen LogP contribution in [-0.2, 0) is 13.5 Å². The van der Waals surface area contributed by atoms with E-state index in [2.05, 4.69) is 15.1 Å². The molecule has 0 aliphatic heterocycles. The van der Waals surface area contributed by atoms with Crippen LogP contribution in [0.3, 0.4) is 0 Å². The summed E-state index contributed by atoms with van der Waals surface area (Å²) in [4.78, 5) is 8.73. The lowest BCUT2D eigenvalue weighted by Crippen LogP contribution is -1.98. The smallest absolute Gasteiger partial charge is 0.222 e. The Hall–Kier alpha value is -1.62. The lowest BCUT2D eigenvalue weighted by Gasteiger charge is -2.05. The van der Waals surface area contributed by atoms with Gasteiger partial charge in [0, 0.05) is 12.7 Å². The summed E-state index contributed by atoms with van der Waals surface area (Å²) in [5, 5.41) is 4.74. The van der Waals surface area contributed by atoms with E-state index >= 15 is 0 Å².